The van der Waals surface area contributed by atoms with Crippen molar-refractivity contribution >= 4 is 23.2 Å². The van der Waals surface area contributed by atoms with E-state index in [1.54, 1.807) is 28.9 Å². The van der Waals surface area contributed by atoms with Gasteiger partial charge in [0, 0.05) is 5.69 Å². The van der Waals surface area contributed by atoms with Crippen molar-refractivity contribution in [2.24, 2.45) is 0 Å². The van der Waals surface area contributed by atoms with Crippen LogP contribution >= 0.6 is 11.6 Å². The van der Waals surface area contributed by atoms with Crippen molar-refractivity contribution in [1.82, 2.24) is 9.78 Å². The zero-order valence-electron chi connectivity index (χ0n) is 14.0. The van der Waals surface area contributed by atoms with E-state index in [2.05, 4.69) is 10.4 Å². The van der Waals surface area contributed by atoms with Crippen LogP contribution < -0.4 is 10.1 Å². The number of anilines is 1. The van der Waals surface area contributed by atoms with Crippen molar-refractivity contribution < 1.29 is 9.53 Å². The molecule has 6 heteroatoms. The number of nitrogens with one attached hydrogen (secondary N) is 1. The Labute approximate surface area is 151 Å². The molecule has 0 aliphatic heterocycles. The van der Waals surface area contributed by atoms with Gasteiger partial charge in [-0.3, -0.25) is 4.79 Å². The van der Waals surface area contributed by atoms with Crippen LogP contribution in [0, 0.1) is 13.8 Å². The molecule has 5 nitrogen and oxygen atoms in total. The number of rotatable bonds is 5. The lowest BCUT2D eigenvalue weighted by Crippen LogP contribution is -2.21. The third-order valence-electron chi connectivity index (χ3n) is 3.61. The lowest BCUT2D eigenvalue weighted by Gasteiger charge is -2.13. The summed E-state index contributed by atoms with van der Waals surface area (Å²) in [7, 11) is 0. The van der Waals surface area contributed by atoms with E-state index in [1.165, 1.54) is 0 Å². The van der Waals surface area contributed by atoms with Crippen molar-refractivity contribution in [2.45, 2.75) is 13.8 Å². The molecule has 128 valence electrons. The second-order valence-corrected chi connectivity index (χ2v) is 6.03. The molecule has 0 aliphatic carbocycles. The first-order chi connectivity index (χ1) is 12.0. The molecule has 0 fully saturated rings. The molecule has 2 aromatic carbocycles. The summed E-state index contributed by atoms with van der Waals surface area (Å²) >= 11 is 6.02. The first-order valence-corrected chi connectivity index (χ1v) is 8.22. The third-order valence-corrected chi connectivity index (χ3v) is 3.92. The summed E-state index contributed by atoms with van der Waals surface area (Å²) in [6, 6.07) is 16.5. The van der Waals surface area contributed by atoms with E-state index in [-0.39, 0.29) is 12.5 Å². The summed E-state index contributed by atoms with van der Waals surface area (Å²) in [5.74, 6) is 0.208. The molecule has 1 aromatic heterocycles. The topological polar surface area (TPSA) is 56.2 Å². The molecular weight excluding hydrogens is 338 g/mol. The van der Waals surface area contributed by atoms with Gasteiger partial charge in [0.25, 0.3) is 5.91 Å². The summed E-state index contributed by atoms with van der Waals surface area (Å²) in [5, 5.41) is 7.81. The quantitative estimate of drug-likeness (QED) is 0.747. The number of nitrogens with zero attached hydrogens (tertiary/aromatic N) is 2. The van der Waals surface area contributed by atoms with Crippen LogP contribution in [-0.2, 0) is 4.79 Å². The number of aryl methyl sites for hydroxylation is 2. The first kappa shape index (κ1) is 17.0. The molecule has 0 saturated heterocycles. The molecule has 0 atom stereocenters. The van der Waals surface area contributed by atoms with Gasteiger partial charge in [0.15, 0.2) is 6.61 Å². The molecule has 1 N–H and O–H groups in total. The van der Waals surface area contributed by atoms with Gasteiger partial charge in [-0.1, -0.05) is 35.9 Å². The summed E-state index contributed by atoms with van der Waals surface area (Å²) in [6.45, 7) is 3.77. The van der Waals surface area contributed by atoms with Crippen molar-refractivity contribution in [3.8, 4) is 11.4 Å². The molecule has 0 bridgehead atoms. The van der Waals surface area contributed by atoms with E-state index in [4.69, 9.17) is 16.3 Å². The van der Waals surface area contributed by atoms with Gasteiger partial charge in [-0.2, -0.15) is 5.10 Å². The molecule has 0 aliphatic rings. The van der Waals surface area contributed by atoms with E-state index >= 15 is 0 Å². The number of para-hydroxylation sites is 3. The molecule has 25 heavy (non-hydrogen) atoms. The van der Waals surface area contributed by atoms with Crippen molar-refractivity contribution in [2.75, 3.05) is 11.9 Å². The Hall–Kier alpha value is -2.79. The SMILES string of the molecule is Cc1cc(C)n(-c2ccccc2NC(=O)COc2ccccc2Cl)n1. The Morgan fingerprint density at radius 3 is 2.60 bits per heavy atom. The number of halogens is 1. The number of ether oxygens (including phenoxy) is 1. The molecule has 1 amide bonds. The van der Waals surface area contributed by atoms with Gasteiger partial charge in [-0.25, -0.2) is 4.68 Å². The zero-order valence-corrected chi connectivity index (χ0v) is 14.7. The maximum Gasteiger partial charge on any atom is 0.262 e. The monoisotopic (exact) mass is 355 g/mol. The lowest BCUT2D eigenvalue weighted by molar-refractivity contribution is -0.118. The standard InChI is InChI=1S/C19H18ClN3O2/c1-13-11-14(2)23(22-13)17-9-5-4-8-16(17)21-19(24)12-25-18-10-6-3-7-15(18)20/h3-11H,12H2,1-2H3,(H,21,24). The Morgan fingerprint density at radius 2 is 1.88 bits per heavy atom. The molecule has 0 saturated carbocycles. The highest BCUT2D eigenvalue weighted by molar-refractivity contribution is 6.32. The number of carbonyl (C=O) groups excluding carboxylic acids is 1. The second-order valence-electron chi connectivity index (χ2n) is 5.62. The minimum absolute atomic E-state index is 0.130. The van der Waals surface area contributed by atoms with Crippen molar-refractivity contribution in [3.63, 3.8) is 0 Å². The van der Waals surface area contributed by atoms with Gasteiger partial charge < -0.3 is 10.1 Å². The predicted octanol–water partition coefficient (Wildman–Crippen LogP) is 4.16. The first-order valence-electron chi connectivity index (χ1n) is 7.84. The lowest BCUT2D eigenvalue weighted by atomic mass is 10.2. The van der Waals surface area contributed by atoms with Gasteiger partial charge >= 0.3 is 0 Å². The van der Waals surface area contributed by atoms with Gasteiger partial charge in [-0.05, 0) is 44.2 Å². The maximum atomic E-state index is 12.3. The molecule has 1 heterocycles. The molecule has 3 rings (SSSR count). The van der Waals surface area contributed by atoms with Gasteiger partial charge in [0.05, 0.1) is 22.1 Å². The largest absolute Gasteiger partial charge is 0.482 e. The van der Waals surface area contributed by atoms with Gasteiger partial charge in [0.1, 0.15) is 5.75 Å². The van der Waals surface area contributed by atoms with Crippen LogP contribution in [0.15, 0.2) is 54.6 Å². The number of hydrogen-bond acceptors (Lipinski definition) is 3. The normalized spacial score (nSPS) is 10.5. The van der Waals surface area contributed by atoms with Crippen LogP contribution in [0.5, 0.6) is 5.75 Å². The fraction of sp³-hybridized carbons (Fsp3) is 0.158. The maximum absolute atomic E-state index is 12.3. The number of carbonyl (C=O) groups is 1. The number of aromatic nitrogens is 2. The van der Waals surface area contributed by atoms with E-state index < -0.39 is 0 Å². The van der Waals surface area contributed by atoms with E-state index in [9.17, 15) is 4.79 Å². The van der Waals surface area contributed by atoms with E-state index in [0.29, 0.717) is 16.5 Å². The van der Waals surface area contributed by atoms with Crippen LogP contribution in [0.1, 0.15) is 11.4 Å². The highest BCUT2D eigenvalue weighted by Gasteiger charge is 2.12. The predicted molar refractivity (Wildman–Crippen MR) is 98.6 cm³/mol. The van der Waals surface area contributed by atoms with Crippen LogP contribution in [0.3, 0.4) is 0 Å². The number of benzene rings is 2. The third kappa shape index (κ3) is 4.00. The minimum Gasteiger partial charge on any atom is -0.482 e. The van der Waals surface area contributed by atoms with E-state index in [0.717, 1.165) is 17.1 Å². The highest BCUT2D eigenvalue weighted by Crippen LogP contribution is 2.24. The summed E-state index contributed by atoms with van der Waals surface area (Å²) in [6.07, 6.45) is 0. The summed E-state index contributed by atoms with van der Waals surface area (Å²) in [5.41, 5.74) is 3.38. The van der Waals surface area contributed by atoms with Crippen molar-refractivity contribution in [1.29, 1.82) is 0 Å². The zero-order chi connectivity index (χ0) is 17.8. The smallest absolute Gasteiger partial charge is 0.262 e. The molecule has 0 unspecified atom stereocenters. The molecule has 0 radical (unpaired) electrons. The van der Waals surface area contributed by atoms with E-state index in [1.807, 2.05) is 44.2 Å². The average molecular weight is 356 g/mol. The van der Waals surface area contributed by atoms with Crippen LogP contribution in [0.25, 0.3) is 5.69 Å². The van der Waals surface area contributed by atoms with Gasteiger partial charge in [-0.15, -0.1) is 0 Å². The minimum atomic E-state index is -0.270. The Bertz CT molecular complexity index is 905. The molecular formula is C19H18ClN3O2. The van der Waals surface area contributed by atoms with Crippen LogP contribution in [0.2, 0.25) is 5.02 Å². The van der Waals surface area contributed by atoms with Gasteiger partial charge in [0.2, 0.25) is 0 Å². The highest BCUT2D eigenvalue weighted by atomic mass is 35.5. The molecule has 3 aromatic rings. The number of hydrogen-bond donors (Lipinski definition) is 1. The number of amides is 1. The Morgan fingerprint density at radius 1 is 1.16 bits per heavy atom. The summed E-state index contributed by atoms with van der Waals surface area (Å²) in [4.78, 5) is 12.3. The fourth-order valence-electron chi connectivity index (χ4n) is 2.53. The van der Waals surface area contributed by atoms with Crippen LogP contribution in [0.4, 0.5) is 5.69 Å². The fourth-order valence-corrected chi connectivity index (χ4v) is 2.72. The second kappa shape index (κ2) is 7.40. The Kier molecular flexibility index (Phi) is 5.05. The van der Waals surface area contributed by atoms with Crippen molar-refractivity contribution in [3.05, 3.63) is 71.0 Å². The molecule has 0 spiro atoms. The van der Waals surface area contributed by atoms with Crippen LogP contribution in [-0.4, -0.2) is 22.3 Å². The average Bonchev–Trinajstić information content (AvgIpc) is 2.93. The summed E-state index contributed by atoms with van der Waals surface area (Å²) < 4.78 is 7.28. The Balaban J connectivity index is 1.74.